The molecule has 2 aliphatic rings. The molecule has 0 aliphatic heterocycles. The predicted octanol–water partition coefficient (Wildman–Crippen LogP) is 2.39. The fourth-order valence-corrected chi connectivity index (χ4v) is 7.57. The van der Waals surface area contributed by atoms with E-state index in [0.29, 0.717) is 37.5 Å². The molecule has 0 saturated heterocycles. The zero-order valence-corrected chi connectivity index (χ0v) is 24.4. The van der Waals surface area contributed by atoms with Crippen LogP contribution in [0.4, 0.5) is 5.13 Å². The van der Waals surface area contributed by atoms with Crippen molar-refractivity contribution < 1.29 is 29.3 Å². The summed E-state index contributed by atoms with van der Waals surface area (Å²) in [6.45, 7) is 5.98. The van der Waals surface area contributed by atoms with E-state index >= 15 is 0 Å². The van der Waals surface area contributed by atoms with Crippen LogP contribution in [-0.4, -0.2) is 65.8 Å². The van der Waals surface area contributed by atoms with Gasteiger partial charge in [0.25, 0.3) is 0 Å². The largest absolute Gasteiger partial charge is 0.497 e. The van der Waals surface area contributed by atoms with E-state index in [1.807, 2.05) is 31.2 Å². The predicted molar refractivity (Wildman–Crippen MR) is 152 cm³/mol. The number of methoxy groups -OCH3 is 1. The third-order valence-electron chi connectivity index (χ3n) is 8.87. The van der Waals surface area contributed by atoms with Crippen LogP contribution in [0.5, 0.6) is 5.75 Å². The number of carbonyl (C=O) groups is 3. The molecule has 218 valence electrons. The topological polar surface area (TPSA) is 150 Å². The van der Waals surface area contributed by atoms with Gasteiger partial charge in [-0.1, -0.05) is 26.0 Å². The van der Waals surface area contributed by atoms with Gasteiger partial charge in [-0.15, -0.1) is 11.3 Å². The summed E-state index contributed by atoms with van der Waals surface area (Å²) in [5.74, 6) is -0.127. The van der Waals surface area contributed by atoms with Gasteiger partial charge >= 0.3 is 0 Å². The lowest BCUT2D eigenvalue weighted by atomic mass is 9.47. The Labute approximate surface area is 238 Å². The summed E-state index contributed by atoms with van der Waals surface area (Å²) in [5, 5.41) is 30.3. The van der Waals surface area contributed by atoms with Gasteiger partial charge in [0, 0.05) is 42.6 Å². The van der Waals surface area contributed by atoms with Crippen molar-refractivity contribution >= 4 is 34.2 Å². The highest BCUT2D eigenvalue weighted by atomic mass is 32.1. The van der Waals surface area contributed by atoms with Crippen molar-refractivity contribution in [3.63, 3.8) is 0 Å². The lowest BCUT2D eigenvalue weighted by Crippen LogP contribution is -2.57. The normalized spacial score (nSPS) is 27.2. The first-order chi connectivity index (χ1) is 19.0. The molecule has 5 N–H and O–H groups in total. The average Bonchev–Trinajstić information content (AvgIpc) is 3.32. The molecule has 1 aromatic carbocycles. The van der Waals surface area contributed by atoms with Gasteiger partial charge in [0.1, 0.15) is 5.75 Å². The van der Waals surface area contributed by atoms with Crippen molar-refractivity contribution in [2.45, 2.75) is 64.9 Å². The molecule has 10 nitrogen and oxygen atoms in total. The SMILES string of the molecule is COc1ccc(CC(=O)Nc2nc3c(s2)CC2C(C)(CO)C(O)CCC2(C)C3CC(=O)NCCNC(C)=O)cc1. The van der Waals surface area contributed by atoms with Gasteiger partial charge in [-0.05, 0) is 48.3 Å². The number of ether oxygens (including phenoxy) is 1. The maximum Gasteiger partial charge on any atom is 0.230 e. The molecule has 1 saturated carbocycles. The second kappa shape index (κ2) is 12.2. The minimum Gasteiger partial charge on any atom is -0.497 e. The summed E-state index contributed by atoms with van der Waals surface area (Å²) < 4.78 is 5.18. The Balaban J connectivity index is 1.57. The number of nitrogens with one attached hydrogen (secondary N) is 3. The van der Waals surface area contributed by atoms with E-state index in [2.05, 4.69) is 22.9 Å². The fourth-order valence-electron chi connectivity index (χ4n) is 6.49. The molecule has 1 aromatic heterocycles. The van der Waals surface area contributed by atoms with Gasteiger partial charge in [-0.3, -0.25) is 14.4 Å². The minimum atomic E-state index is -0.730. The fraction of sp³-hybridized carbons (Fsp3) is 0.586. The summed E-state index contributed by atoms with van der Waals surface area (Å²) in [5.41, 5.74) is 0.529. The van der Waals surface area contributed by atoms with Crippen LogP contribution in [0.3, 0.4) is 0 Å². The van der Waals surface area contributed by atoms with Crippen LogP contribution in [-0.2, 0) is 27.2 Å². The van der Waals surface area contributed by atoms with Crippen molar-refractivity contribution in [1.29, 1.82) is 0 Å². The number of aliphatic hydroxyl groups is 2. The van der Waals surface area contributed by atoms with Crippen molar-refractivity contribution in [3.05, 3.63) is 40.4 Å². The zero-order chi connectivity index (χ0) is 29.1. The van der Waals surface area contributed by atoms with E-state index in [9.17, 15) is 24.6 Å². The first-order valence-electron chi connectivity index (χ1n) is 13.7. The minimum absolute atomic E-state index is 0.0817. The van der Waals surface area contributed by atoms with E-state index in [4.69, 9.17) is 9.72 Å². The Hall–Kier alpha value is -3.02. The van der Waals surface area contributed by atoms with E-state index in [-0.39, 0.29) is 49.0 Å². The summed E-state index contributed by atoms with van der Waals surface area (Å²) in [6, 6.07) is 7.31. The van der Waals surface area contributed by atoms with Gasteiger partial charge in [-0.2, -0.15) is 0 Å². The number of hydrogen-bond acceptors (Lipinski definition) is 8. The molecule has 1 heterocycles. The van der Waals surface area contributed by atoms with E-state index in [1.54, 1.807) is 7.11 Å². The molecule has 2 aliphatic carbocycles. The van der Waals surface area contributed by atoms with Crippen LogP contribution in [0.15, 0.2) is 24.3 Å². The van der Waals surface area contributed by atoms with Crippen LogP contribution in [0, 0.1) is 16.7 Å². The third kappa shape index (κ3) is 6.16. The Morgan fingerprint density at radius 1 is 1.12 bits per heavy atom. The quantitative estimate of drug-likeness (QED) is 0.274. The number of benzene rings is 1. The number of nitrogens with zero attached hydrogens (tertiary/aromatic N) is 1. The molecule has 3 amide bonds. The molecule has 1 fully saturated rings. The standard InChI is InChI=1S/C29H40N4O6S/c1-17(35)30-11-12-31-24(37)14-20-26-21(15-22-28(20,2)10-9-23(36)29(22,3)16-34)40-27(33-26)32-25(38)13-18-5-7-19(39-4)8-6-18/h5-8,20,22-23,34,36H,9-16H2,1-4H3,(H,30,35)(H,31,37)(H,32,33,38). The van der Waals surface area contributed by atoms with Gasteiger partial charge < -0.3 is 30.9 Å². The zero-order valence-electron chi connectivity index (χ0n) is 23.6. The van der Waals surface area contributed by atoms with Crippen molar-refractivity contribution in [3.8, 4) is 5.75 Å². The Morgan fingerprint density at radius 3 is 2.48 bits per heavy atom. The Kier molecular flexibility index (Phi) is 9.16. The van der Waals surface area contributed by atoms with Gasteiger partial charge in [0.2, 0.25) is 17.7 Å². The number of fused-ring (bicyclic) bond motifs is 2. The first kappa shape index (κ1) is 30.0. The molecule has 5 unspecified atom stereocenters. The number of carbonyl (C=O) groups excluding carboxylic acids is 3. The second-order valence-corrected chi connectivity index (χ2v) is 12.6. The summed E-state index contributed by atoms with van der Waals surface area (Å²) in [7, 11) is 1.59. The summed E-state index contributed by atoms with van der Waals surface area (Å²) in [4.78, 5) is 42.9. The highest BCUT2D eigenvalue weighted by molar-refractivity contribution is 7.15. The number of thiazole rings is 1. The highest BCUT2D eigenvalue weighted by Gasteiger charge is 2.59. The van der Waals surface area contributed by atoms with E-state index in [1.165, 1.54) is 18.3 Å². The van der Waals surface area contributed by atoms with Crippen LogP contribution in [0.25, 0.3) is 0 Å². The van der Waals surface area contributed by atoms with Crippen LogP contribution < -0.4 is 20.7 Å². The molecule has 2 aromatic rings. The molecule has 0 radical (unpaired) electrons. The maximum absolute atomic E-state index is 13.1. The van der Waals surface area contributed by atoms with Gasteiger partial charge in [-0.25, -0.2) is 4.98 Å². The van der Waals surface area contributed by atoms with Crippen molar-refractivity contribution in [2.24, 2.45) is 16.7 Å². The molecule has 11 heteroatoms. The lowest BCUT2D eigenvalue weighted by Gasteiger charge is -2.58. The number of aromatic nitrogens is 1. The third-order valence-corrected chi connectivity index (χ3v) is 9.88. The summed E-state index contributed by atoms with van der Waals surface area (Å²) in [6.07, 6.45) is 1.53. The van der Waals surface area contributed by atoms with Crippen molar-refractivity contribution in [2.75, 3.05) is 32.1 Å². The molecule has 0 bridgehead atoms. The lowest BCUT2D eigenvalue weighted by molar-refractivity contribution is -0.144. The second-order valence-electron chi connectivity index (χ2n) is 11.5. The Morgan fingerprint density at radius 2 is 1.82 bits per heavy atom. The number of aliphatic hydroxyl groups excluding tert-OH is 2. The monoisotopic (exact) mass is 572 g/mol. The molecule has 40 heavy (non-hydrogen) atoms. The van der Waals surface area contributed by atoms with Crippen LogP contribution >= 0.6 is 11.3 Å². The number of amides is 3. The molecule has 0 spiro atoms. The highest BCUT2D eigenvalue weighted by Crippen LogP contribution is 2.62. The van der Waals surface area contributed by atoms with E-state index in [0.717, 1.165) is 21.9 Å². The average molecular weight is 573 g/mol. The molecule has 4 rings (SSSR count). The number of anilines is 1. The molecule has 5 atom stereocenters. The van der Waals surface area contributed by atoms with Crippen molar-refractivity contribution in [1.82, 2.24) is 15.6 Å². The smallest absolute Gasteiger partial charge is 0.230 e. The summed E-state index contributed by atoms with van der Waals surface area (Å²) >= 11 is 1.40. The maximum atomic E-state index is 13.1. The van der Waals surface area contributed by atoms with Crippen LogP contribution in [0.2, 0.25) is 0 Å². The molecular weight excluding hydrogens is 532 g/mol. The van der Waals surface area contributed by atoms with Gasteiger partial charge in [0.05, 0.1) is 31.9 Å². The van der Waals surface area contributed by atoms with Gasteiger partial charge in [0.15, 0.2) is 5.13 Å². The van der Waals surface area contributed by atoms with E-state index < -0.39 is 16.9 Å². The number of rotatable bonds is 10. The Bertz CT molecular complexity index is 1230. The first-order valence-corrected chi connectivity index (χ1v) is 14.5. The molecular formula is C29H40N4O6S. The van der Waals surface area contributed by atoms with Crippen LogP contribution in [0.1, 0.15) is 62.1 Å². The number of hydrogen-bond donors (Lipinski definition) is 5.